The third-order valence-electron chi connectivity index (χ3n) is 5.28. The lowest BCUT2D eigenvalue weighted by molar-refractivity contribution is -0.113. The molecule has 3 aromatic rings. The molecule has 8 heteroatoms. The zero-order valence-corrected chi connectivity index (χ0v) is 18.0. The molecule has 1 aliphatic rings. The molecule has 0 spiro atoms. The Bertz CT molecular complexity index is 1020. The van der Waals surface area contributed by atoms with E-state index in [4.69, 9.17) is 4.74 Å². The van der Waals surface area contributed by atoms with Gasteiger partial charge in [-0.1, -0.05) is 23.9 Å². The van der Waals surface area contributed by atoms with Crippen LogP contribution < -0.4 is 5.32 Å². The molecule has 0 bridgehead atoms. The number of hydrogen-bond donors (Lipinski definition) is 1. The van der Waals surface area contributed by atoms with Crippen LogP contribution in [-0.4, -0.2) is 44.1 Å². The maximum absolute atomic E-state index is 12.6. The van der Waals surface area contributed by atoms with Crippen molar-refractivity contribution in [3.05, 3.63) is 53.9 Å². The first kappa shape index (κ1) is 20.6. The molecule has 0 saturated carbocycles. The molecule has 0 aliphatic carbocycles. The van der Waals surface area contributed by atoms with Crippen LogP contribution in [0.2, 0.25) is 0 Å². The summed E-state index contributed by atoms with van der Waals surface area (Å²) in [7, 11) is 0. The number of ether oxygens (including phenoxy) is 1. The van der Waals surface area contributed by atoms with E-state index in [2.05, 4.69) is 25.1 Å². The van der Waals surface area contributed by atoms with Gasteiger partial charge in [-0.15, -0.1) is 10.2 Å². The smallest absolute Gasteiger partial charge is 0.234 e. The molecule has 1 fully saturated rings. The minimum absolute atomic E-state index is 0.0640. The third-order valence-corrected chi connectivity index (χ3v) is 6.24. The number of benzene rings is 1. The molecule has 1 atom stereocenters. The predicted molar refractivity (Wildman–Crippen MR) is 117 cm³/mol. The Balaban J connectivity index is 1.49. The summed E-state index contributed by atoms with van der Waals surface area (Å²) in [5, 5.41) is 12.5. The molecule has 7 nitrogen and oxygen atoms in total. The van der Waals surface area contributed by atoms with Crippen molar-refractivity contribution in [2.45, 2.75) is 44.5 Å². The fourth-order valence-corrected chi connectivity index (χ4v) is 4.22. The first-order chi connectivity index (χ1) is 14.6. The number of pyridine rings is 1. The number of nitrogens with zero attached hydrogens (tertiary/aromatic N) is 4. The number of carbonyl (C=O) groups is 1. The van der Waals surface area contributed by atoms with E-state index in [-0.39, 0.29) is 17.8 Å². The molecule has 1 amide bonds. The van der Waals surface area contributed by atoms with Crippen molar-refractivity contribution in [1.29, 1.82) is 0 Å². The van der Waals surface area contributed by atoms with Crippen LogP contribution in [0.4, 0.5) is 5.69 Å². The van der Waals surface area contributed by atoms with E-state index in [1.165, 1.54) is 11.8 Å². The van der Waals surface area contributed by atoms with E-state index in [9.17, 15) is 4.79 Å². The third kappa shape index (κ3) is 4.71. The normalized spacial score (nSPS) is 16.0. The Morgan fingerprint density at radius 1 is 1.23 bits per heavy atom. The van der Waals surface area contributed by atoms with E-state index in [0.29, 0.717) is 11.7 Å². The van der Waals surface area contributed by atoms with Gasteiger partial charge in [0.15, 0.2) is 11.0 Å². The van der Waals surface area contributed by atoms with Crippen molar-refractivity contribution < 1.29 is 9.53 Å². The number of anilines is 1. The standard InChI is InChI=1S/C22H25N5O2S/c1-15-5-3-7-19(16(15)2)24-20(28)14-30-22-26-25-21(17-8-10-23-11-9-17)27(22)13-18-6-4-12-29-18/h3,5,7-11,18H,4,6,12-14H2,1-2H3,(H,24,28). The van der Waals surface area contributed by atoms with Gasteiger partial charge in [0.05, 0.1) is 18.4 Å². The molecule has 2 aromatic heterocycles. The summed E-state index contributed by atoms with van der Waals surface area (Å²) in [6.07, 6.45) is 5.71. The first-order valence-electron chi connectivity index (χ1n) is 10.1. The van der Waals surface area contributed by atoms with Crippen molar-refractivity contribution >= 4 is 23.4 Å². The largest absolute Gasteiger partial charge is 0.376 e. The van der Waals surface area contributed by atoms with Crippen molar-refractivity contribution in [3.8, 4) is 11.4 Å². The van der Waals surface area contributed by atoms with E-state index >= 15 is 0 Å². The summed E-state index contributed by atoms with van der Waals surface area (Å²) in [6, 6.07) is 9.74. The van der Waals surface area contributed by atoms with Crippen LogP contribution >= 0.6 is 11.8 Å². The Kier molecular flexibility index (Phi) is 6.44. The number of aryl methyl sites for hydroxylation is 1. The van der Waals surface area contributed by atoms with Gasteiger partial charge in [0.1, 0.15) is 0 Å². The number of amides is 1. The molecule has 1 N–H and O–H groups in total. The SMILES string of the molecule is Cc1cccc(NC(=O)CSc2nnc(-c3ccncc3)n2CC2CCCO2)c1C. The maximum Gasteiger partial charge on any atom is 0.234 e. The Morgan fingerprint density at radius 3 is 2.83 bits per heavy atom. The average Bonchev–Trinajstić information content (AvgIpc) is 3.41. The van der Waals surface area contributed by atoms with Crippen LogP contribution in [0, 0.1) is 13.8 Å². The van der Waals surface area contributed by atoms with Crippen LogP contribution in [0.3, 0.4) is 0 Å². The number of rotatable bonds is 7. The van der Waals surface area contributed by atoms with Crippen LogP contribution in [0.25, 0.3) is 11.4 Å². The van der Waals surface area contributed by atoms with Crippen LogP contribution in [0.15, 0.2) is 47.9 Å². The van der Waals surface area contributed by atoms with E-state index in [1.54, 1.807) is 12.4 Å². The van der Waals surface area contributed by atoms with Gasteiger partial charge in [0.2, 0.25) is 5.91 Å². The molecule has 0 radical (unpaired) electrons. The van der Waals surface area contributed by atoms with E-state index in [1.807, 2.05) is 44.2 Å². The van der Waals surface area contributed by atoms with Crippen LogP contribution in [0.1, 0.15) is 24.0 Å². The number of aromatic nitrogens is 4. The lowest BCUT2D eigenvalue weighted by atomic mass is 10.1. The van der Waals surface area contributed by atoms with Gasteiger partial charge in [-0.2, -0.15) is 0 Å². The molecular formula is C22H25N5O2S. The highest BCUT2D eigenvalue weighted by Gasteiger charge is 2.22. The highest BCUT2D eigenvalue weighted by Crippen LogP contribution is 2.26. The lowest BCUT2D eigenvalue weighted by Crippen LogP contribution is -2.18. The summed E-state index contributed by atoms with van der Waals surface area (Å²) in [5.41, 5.74) is 4.03. The molecule has 156 valence electrons. The highest BCUT2D eigenvalue weighted by molar-refractivity contribution is 7.99. The molecule has 1 aliphatic heterocycles. The van der Waals surface area contributed by atoms with Crippen molar-refractivity contribution in [1.82, 2.24) is 19.7 Å². The van der Waals surface area contributed by atoms with Gasteiger partial charge in [0, 0.05) is 30.3 Å². The van der Waals surface area contributed by atoms with Gasteiger partial charge >= 0.3 is 0 Å². The Hall–Kier alpha value is -2.71. The number of thioether (sulfide) groups is 1. The molecule has 3 heterocycles. The van der Waals surface area contributed by atoms with E-state index < -0.39 is 0 Å². The molecule has 4 rings (SSSR count). The molecule has 1 saturated heterocycles. The van der Waals surface area contributed by atoms with Gasteiger partial charge in [-0.25, -0.2) is 0 Å². The lowest BCUT2D eigenvalue weighted by Gasteiger charge is -2.15. The maximum atomic E-state index is 12.6. The first-order valence-corrected chi connectivity index (χ1v) is 11.0. The summed E-state index contributed by atoms with van der Waals surface area (Å²) in [5.74, 6) is 0.962. The monoisotopic (exact) mass is 423 g/mol. The molecule has 1 unspecified atom stereocenters. The second-order valence-corrected chi connectivity index (χ2v) is 8.31. The summed E-state index contributed by atoms with van der Waals surface area (Å²) < 4.78 is 7.88. The van der Waals surface area contributed by atoms with Gasteiger partial charge in [-0.05, 0) is 56.0 Å². The summed E-state index contributed by atoms with van der Waals surface area (Å²) >= 11 is 1.39. The summed E-state index contributed by atoms with van der Waals surface area (Å²) in [6.45, 7) is 5.51. The zero-order valence-electron chi connectivity index (χ0n) is 17.2. The molecule has 1 aromatic carbocycles. The summed E-state index contributed by atoms with van der Waals surface area (Å²) in [4.78, 5) is 16.6. The minimum atomic E-state index is -0.0640. The number of carbonyl (C=O) groups excluding carboxylic acids is 1. The van der Waals surface area contributed by atoms with Crippen LogP contribution in [-0.2, 0) is 16.1 Å². The fraction of sp³-hybridized carbons (Fsp3) is 0.364. The average molecular weight is 424 g/mol. The second-order valence-electron chi connectivity index (χ2n) is 7.37. The molecule has 30 heavy (non-hydrogen) atoms. The minimum Gasteiger partial charge on any atom is -0.376 e. The van der Waals surface area contributed by atoms with Gasteiger partial charge in [-0.3, -0.25) is 14.3 Å². The molecular weight excluding hydrogens is 398 g/mol. The van der Waals surface area contributed by atoms with E-state index in [0.717, 1.165) is 47.7 Å². The predicted octanol–water partition coefficient (Wildman–Crippen LogP) is 3.87. The van der Waals surface area contributed by atoms with Crippen molar-refractivity contribution in [3.63, 3.8) is 0 Å². The zero-order chi connectivity index (χ0) is 20.9. The number of hydrogen-bond acceptors (Lipinski definition) is 6. The topological polar surface area (TPSA) is 81.9 Å². The Morgan fingerprint density at radius 2 is 2.07 bits per heavy atom. The quantitative estimate of drug-likeness (QED) is 0.581. The van der Waals surface area contributed by atoms with Gasteiger partial charge < -0.3 is 10.1 Å². The van der Waals surface area contributed by atoms with Crippen LogP contribution in [0.5, 0.6) is 0 Å². The van der Waals surface area contributed by atoms with Gasteiger partial charge in [0.25, 0.3) is 0 Å². The fourth-order valence-electron chi connectivity index (χ4n) is 3.47. The Labute approximate surface area is 180 Å². The van der Waals surface area contributed by atoms with Crippen molar-refractivity contribution in [2.24, 2.45) is 0 Å². The highest BCUT2D eigenvalue weighted by atomic mass is 32.2. The van der Waals surface area contributed by atoms with Crippen molar-refractivity contribution in [2.75, 3.05) is 17.7 Å². The number of nitrogens with one attached hydrogen (secondary N) is 1. The second kappa shape index (κ2) is 9.40.